The molecular weight excluding hydrogens is 520 g/mol. The number of amides is 1. The minimum atomic E-state index is -1.09. The van der Waals surface area contributed by atoms with Gasteiger partial charge in [-0.3, -0.25) is 9.69 Å². The van der Waals surface area contributed by atoms with Crippen molar-refractivity contribution in [3.8, 4) is 28.7 Å². The summed E-state index contributed by atoms with van der Waals surface area (Å²) < 4.78 is 33.4. The van der Waals surface area contributed by atoms with Crippen LogP contribution in [0.1, 0.15) is 35.1 Å². The first kappa shape index (κ1) is 28.3. The zero-order valence-corrected chi connectivity index (χ0v) is 23.2. The molecule has 3 aliphatic rings. The van der Waals surface area contributed by atoms with Crippen molar-refractivity contribution in [2.75, 3.05) is 74.1 Å². The van der Waals surface area contributed by atoms with Gasteiger partial charge in [-0.2, -0.15) is 0 Å². The number of morpholine rings is 1. The Bertz CT molecular complexity index is 1180. The van der Waals surface area contributed by atoms with Crippen molar-refractivity contribution in [2.24, 2.45) is 11.8 Å². The van der Waals surface area contributed by atoms with Crippen LogP contribution < -0.4 is 29.0 Å². The summed E-state index contributed by atoms with van der Waals surface area (Å²) in [5.41, 5.74) is 2.01. The summed E-state index contributed by atoms with van der Waals surface area (Å²) in [7, 11) is 4.60. The zero-order chi connectivity index (χ0) is 28.2. The minimum Gasteiger partial charge on any atom is -0.493 e. The van der Waals surface area contributed by atoms with E-state index in [1.807, 2.05) is 18.2 Å². The summed E-state index contributed by atoms with van der Waals surface area (Å²) >= 11 is 0. The maximum absolute atomic E-state index is 13.9. The van der Waals surface area contributed by atoms with E-state index in [2.05, 4.69) is 10.2 Å². The lowest BCUT2D eigenvalue weighted by atomic mass is 9.64. The average Bonchev–Trinajstić information content (AvgIpc) is 3.45. The second-order valence-electron chi connectivity index (χ2n) is 10.2. The highest BCUT2D eigenvalue weighted by Gasteiger charge is 2.47. The molecule has 40 heavy (non-hydrogen) atoms. The lowest BCUT2D eigenvalue weighted by Crippen LogP contribution is -2.46. The summed E-state index contributed by atoms with van der Waals surface area (Å²) in [6, 6.07) is 7.18. The van der Waals surface area contributed by atoms with Crippen LogP contribution in [0.5, 0.6) is 28.7 Å². The van der Waals surface area contributed by atoms with Crippen molar-refractivity contribution in [3.05, 3.63) is 41.0 Å². The highest BCUT2D eigenvalue weighted by Crippen LogP contribution is 2.53. The maximum atomic E-state index is 13.9. The number of nitrogens with one attached hydrogen (secondary N) is 1. The maximum Gasteiger partial charge on any atom is 0.231 e. The monoisotopic (exact) mass is 558 g/mol. The van der Waals surface area contributed by atoms with Crippen LogP contribution in [-0.4, -0.2) is 95.1 Å². The topological polar surface area (TPSA) is 128 Å². The number of methoxy groups -OCH3 is 3. The standard InChI is InChI=1S/C29H38N2O9/c1-35-23-11-17(12-24(36-2)28(23)37-3)25-18-13-21-22(40-16-39-21)14-19(18)27(33)20(15-32)26(25)29(34)30-5-4-6-31-7-9-38-10-8-31/h11-14,20,25-27,32-33H,4-10,15-16H2,1-3H3,(H,30,34). The SMILES string of the molecule is COc1cc(C2c3cc4c(cc3C(O)C(CO)C2C(=O)NCCCN2CCOCC2)OCO4)cc(OC)c1OC. The molecule has 2 aromatic rings. The molecule has 11 heteroatoms. The van der Waals surface area contributed by atoms with Gasteiger partial charge in [0.15, 0.2) is 23.0 Å². The van der Waals surface area contributed by atoms with Crippen LogP contribution in [0.4, 0.5) is 0 Å². The number of fused-ring (bicyclic) bond motifs is 2. The van der Waals surface area contributed by atoms with Gasteiger partial charge in [0.05, 0.1) is 46.6 Å². The molecule has 0 bridgehead atoms. The lowest BCUT2D eigenvalue weighted by molar-refractivity contribution is -0.131. The summed E-state index contributed by atoms with van der Waals surface area (Å²) in [5, 5.41) is 25.0. The quantitative estimate of drug-likeness (QED) is 0.371. The van der Waals surface area contributed by atoms with Gasteiger partial charge in [-0.1, -0.05) is 0 Å². The molecule has 4 atom stereocenters. The molecule has 4 unspecified atom stereocenters. The van der Waals surface area contributed by atoms with Crippen LogP contribution in [0.2, 0.25) is 0 Å². The van der Waals surface area contributed by atoms with Crippen molar-refractivity contribution in [1.82, 2.24) is 10.2 Å². The number of aliphatic hydroxyl groups excluding tert-OH is 2. The third kappa shape index (κ3) is 5.38. The van der Waals surface area contributed by atoms with Gasteiger partial charge in [-0.25, -0.2) is 0 Å². The molecule has 3 N–H and O–H groups in total. The van der Waals surface area contributed by atoms with Crippen molar-refractivity contribution in [3.63, 3.8) is 0 Å². The smallest absolute Gasteiger partial charge is 0.231 e. The number of carbonyl (C=O) groups excluding carboxylic acids is 1. The second kappa shape index (κ2) is 12.5. The first-order valence-corrected chi connectivity index (χ1v) is 13.6. The fraction of sp³-hybridized carbons (Fsp3) is 0.552. The Kier molecular flexibility index (Phi) is 8.84. The van der Waals surface area contributed by atoms with E-state index in [1.165, 1.54) is 21.3 Å². The Morgan fingerprint density at radius 1 is 1.00 bits per heavy atom. The third-order valence-corrected chi connectivity index (χ3v) is 8.07. The Morgan fingerprint density at radius 2 is 1.65 bits per heavy atom. The van der Waals surface area contributed by atoms with Gasteiger partial charge in [-0.15, -0.1) is 0 Å². The molecule has 1 aliphatic carbocycles. The summed E-state index contributed by atoms with van der Waals surface area (Å²) in [6.07, 6.45) is -0.313. The normalized spacial score (nSPS) is 23.8. The van der Waals surface area contributed by atoms with Gasteiger partial charge in [0.1, 0.15) is 0 Å². The van der Waals surface area contributed by atoms with Crippen LogP contribution in [-0.2, 0) is 9.53 Å². The summed E-state index contributed by atoms with van der Waals surface area (Å²) in [5.74, 6) is -0.000588. The fourth-order valence-corrected chi connectivity index (χ4v) is 6.05. The average molecular weight is 559 g/mol. The molecule has 1 amide bonds. The van der Waals surface area contributed by atoms with Crippen LogP contribution in [0.15, 0.2) is 24.3 Å². The lowest BCUT2D eigenvalue weighted by Gasteiger charge is -2.41. The van der Waals surface area contributed by atoms with Crippen LogP contribution in [0.25, 0.3) is 0 Å². The van der Waals surface area contributed by atoms with Gasteiger partial charge in [-0.05, 0) is 53.9 Å². The molecule has 0 saturated carbocycles. The van der Waals surface area contributed by atoms with Crippen LogP contribution in [0, 0.1) is 11.8 Å². The molecule has 0 spiro atoms. The van der Waals surface area contributed by atoms with Gasteiger partial charge in [0.25, 0.3) is 0 Å². The molecular formula is C29H38N2O9. The van der Waals surface area contributed by atoms with Gasteiger partial charge < -0.3 is 44.0 Å². The van der Waals surface area contributed by atoms with E-state index in [0.29, 0.717) is 52.0 Å². The number of nitrogens with zero attached hydrogens (tertiary/aromatic N) is 1. The highest BCUT2D eigenvalue weighted by molar-refractivity contribution is 5.82. The summed E-state index contributed by atoms with van der Waals surface area (Å²) in [6.45, 7) is 4.20. The molecule has 1 fully saturated rings. The number of aliphatic hydroxyl groups is 2. The van der Waals surface area contributed by atoms with Gasteiger partial charge in [0, 0.05) is 38.1 Å². The van der Waals surface area contributed by atoms with E-state index in [0.717, 1.165) is 39.3 Å². The highest BCUT2D eigenvalue weighted by atomic mass is 16.7. The molecule has 5 rings (SSSR count). The fourth-order valence-electron chi connectivity index (χ4n) is 6.05. The Morgan fingerprint density at radius 3 is 2.25 bits per heavy atom. The van der Waals surface area contributed by atoms with E-state index in [4.69, 9.17) is 28.4 Å². The van der Waals surface area contributed by atoms with E-state index in [1.54, 1.807) is 6.07 Å². The number of hydrogen-bond donors (Lipinski definition) is 3. The molecule has 2 aromatic carbocycles. The van der Waals surface area contributed by atoms with Gasteiger partial charge in [0.2, 0.25) is 18.4 Å². The van der Waals surface area contributed by atoms with Crippen molar-refractivity contribution < 1.29 is 43.4 Å². The first-order valence-electron chi connectivity index (χ1n) is 13.6. The van der Waals surface area contributed by atoms with E-state index in [-0.39, 0.29) is 19.3 Å². The minimum absolute atomic E-state index is 0.0691. The van der Waals surface area contributed by atoms with E-state index in [9.17, 15) is 15.0 Å². The van der Waals surface area contributed by atoms with Crippen molar-refractivity contribution >= 4 is 5.91 Å². The number of benzene rings is 2. The second-order valence-corrected chi connectivity index (χ2v) is 10.2. The molecule has 0 aromatic heterocycles. The van der Waals surface area contributed by atoms with Crippen LogP contribution in [0.3, 0.4) is 0 Å². The Hall–Kier alpha value is -3.25. The summed E-state index contributed by atoms with van der Waals surface area (Å²) in [4.78, 5) is 16.2. The number of carbonyl (C=O) groups is 1. The Labute approximate surface area is 233 Å². The number of ether oxygens (including phenoxy) is 6. The molecule has 0 radical (unpaired) electrons. The molecule has 218 valence electrons. The number of rotatable bonds is 10. The van der Waals surface area contributed by atoms with Gasteiger partial charge >= 0.3 is 0 Å². The molecule has 1 saturated heterocycles. The van der Waals surface area contributed by atoms with Crippen molar-refractivity contribution in [2.45, 2.75) is 18.4 Å². The third-order valence-electron chi connectivity index (χ3n) is 8.07. The molecule has 2 aliphatic heterocycles. The van der Waals surface area contributed by atoms with E-state index >= 15 is 0 Å². The largest absolute Gasteiger partial charge is 0.493 e. The zero-order valence-electron chi connectivity index (χ0n) is 23.2. The Balaban J connectivity index is 1.52. The van der Waals surface area contributed by atoms with Crippen LogP contribution >= 0.6 is 0 Å². The van der Waals surface area contributed by atoms with E-state index < -0.39 is 23.9 Å². The predicted octanol–water partition coefficient (Wildman–Crippen LogP) is 1.68. The number of hydrogen-bond acceptors (Lipinski definition) is 10. The first-order chi connectivity index (χ1) is 19.5. The molecule has 11 nitrogen and oxygen atoms in total. The predicted molar refractivity (Wildman–Crippen MR) is 144 cm³/mol. The van der Waals surface area contributed by atoms with Crippen molar-refractivity contribution in [1.29, 1.82) is 0 Å². The molecule has 2 heterocycles.